The number of rotatable bonds is 16. The van der Waals surface area contributed by atoms with E-state index in [9.17, 15) is 32.3 Å². The van der Waals surface area contributed by atoms with Gasteiger partial charge in [-0.05, 0) is 128 Å². The van der Waals surface area contributed by atoms with Gasteiger partial charge in [0.15, 0.2) is 0 Å². The van der Waals surface area contributed by atoms with Gasteiger partial charge in [0.1, 0.15) is 35.0 Å². The van der Waals surface area contributed by atoms with E-state index in [2.05, 4.69) is 106 Å². The zero-order valence-electron chi connectivity index (χ0n) is 44.5. The number of benzene rings is 4. The number of hydrogen-bond donors (Lipinski definition) is 5. The highest BCUT2D eigenvalue weighted by atomic mass is 19.1. The van der Waals surface area contributed by atoms with Crippen molar-refractivity contribution in [3.8, 4) is 0 Å². The molecule has 72 heavy (non-hydrogen) atoms. The number of carbonyl (C=O) groups excluding carboxylic acids is 2. The van der Waals surface area contributed by atoms with Crippen LogP contribution in [0.25, 0.3) is 0 Å². The summed E-state index contributed by atoms with van der Waals surface area (Å²) in [6.07, 6.45) is 8.46. The number of aliphatic hydroxyl groups is 1. The van der Waals surface area contributed by atoms with Gasteiger partial charge >= 0.3 is 12.1 Å². The molecule has 0 spiro atoms. The van der Waals surface area contributed by atoms with Crippen LogP contribution in [0.2, 0.25) is 0 Å². The molecular weight excluding hydrogens is 921 g/mol. The molecule has 13 heteroatoms. The average molecular weight is 1000 g/mol. The Morgan fingerprint density at radius 3 is 1.44 bits per heavy atom. The molecule has 6 rings (SSSR count). The van der Waals surface area contributed by atoms with Crippen LogP contribution in [0.4, 0.5) is 22.4 Å². The third-order valence-electron chi connectivity index (χ3n) is 14.0. The number of esters is 1. The largest absolute Gasteiger partial charge is 0.460 e. The number of carbonyl (C=O) groups is 2. The van der Waals surface area contributed by atoms with Crippen molar-refractivity contribution >= 4 is 12.1 Å². The number of nitrogens with two attached hydrogens (primary N) is 1. The van der Waals surface area contributed by atoms with Gasteiger partial charge in [-0.25, -0.2) is 22.4 Å². The highest BCUT2D eigenvalue weighted by molar-refractivity contribution is 5.68. The Morgan fingerprint density at radius 2 is 1.04 bits per heavy atom. The molecule has 2 saturated carbocycles. The molecule has 0 saturated heterocycles. The Bertz CT molecular complexity index is 2360. The number of ether oxygens (including phenoxy) is 2. The van der Waals surface area contributed by atoms with Crippen molar-refractivity contribution in [1.82, 2.24) is 16.0 Å². The number of alkyl carbamates (subject to hydrolysis) is 1. The summed E-state index contributed by atoms with van der Waals surface area (Å²) in [5, 5.41) is 21.4. The van der Waals surface area contributed by atoms with E-state index in [1.165, 1.54) is 66.3 Å². The zero-order chi connectivity index (χ0) is 53.1. The van der Waals surface area contributed by atoms with Crippen molar-refractivity contribution in [2.45, 2.75) is 198 Å². The topological polar surface area (TPSA) is 135 Å². The Hall–Kier alpha value is -4.82. The lowest BCUT2D eigenvalue weighted by Crippen LogP contribution is -2.54. The molecule has 396 valence electrons. The summed E-state index contributed by atoms with van der Waals surface area (Å²) >= 11 is 0. The number of halogens is 4. The van der Waals surface area contributed by atoms with E-state index < -0.39 is 65.2 Å². The molecule has 0 aliphatic heterocycles. The fraction of sp³-hybridized carbons (Fsp3) is 0.559. The summed E-state index contributed by atoms with van der Waals surface area (Å²) in [6, 6.07) is 22.5. The monoisotopic (exact) mass is 1000 g/mol. The maximum absolute atomic E-state index is 13.9. The van der Waals surface area contributed by atoms with Crippen LogP contribution < -0.4 is 21.7 Å². The quantitative estimate of drug-likeness (QED) is 0.0553. The zero-order valence-corrected chi connectivity index (χ0v) is 44.5. The van der Waals surface area contributed by atoms with Crippen molar-refractivity contribution in [2.75, 3.05) is 13.1 Å². The molecule has 4 atom stereocenters. The minimum absolute atomic E-state index is 0.00798. The first-order chi connectivity index (χ1) is 33.6. The Kier molecular flexibility index (Phi) is 20.1. The third-order valence-corrected chi connectivity index (χ3v) is 14.0. The second kappa shape index (κ2) is 24.9. The van der Waals surface area contributed by atoms with Crippen LogP contribution in [0.5, 0.6) is 0 Å². The molecule has 0 bridgehead atoms. The van der Waals surface area contributed by atoms with E-state index in [-0.39, 0.29) is 41.3 Å². The maximum Gasteiger partial charge on any atom is 0.407 e. The Morgan fingerprint density at radius 1 is 0.625 bits per heavy atom. The molecule has 4 aromatic rings. The fourth-order valence-electron chi connectivity index (χ4n) is 10.1. The summed E-state index contributed by atoms with van der Waals surface area (Å²) in [6.45, 7) is 20.4. The van der Waals surface area contributed by atoms with Crippen LogP contribution in [0.15, 0.2) is 84.9 Å². The van der Waals surface area contributed by atoms with Crippen LogP contribution in [0.3, 0.4) is 0 Å². The number of amides is 1. The normalized spacial score (nSPS) is 17.6. The Balaban J connectivity index is 0.000000269. The van der Waals surface area contributed by atoms with Crippen molar-refractivity contribution in [2.24, 2.45) is 5.73 Å². The lowest BCUT2D eigenvalue weighted by molar-refractivity contribution is -0.147. The van der Waals surface area contributed by atoms with Crippen molar-refractivity contribution in [3.05, 3.63) is 142 Å². The van der Waals surface area contributed by atoms with Gasteiger partial charge in [-0.2, -0.15) is 0 Å². The van der Waals surface area contributed by atoms with E-state index >= 15 is 0 Å². The van der Waals surface area contributed by atoms with Gasteiger partial charge in [0, 0.05) is 49.3 Å². The lowest BCUT2D eigenvalue weighted by Gasteiger charge is -2.41. The van der Waals surface area contributed by atoms with E-state index in [1.54, 1.807) is 20.8 Å². The molecular formula is C59H82F4N4O5. The smallest absolute Gasteiger partial charge is 0.407 e. The summed E-state index contributed by atoms with van der Waals surface area (Å²) in [5.41, 5.74) is 10.9. The van der Waals surface area contributed by atoms with Gasteiger partial charge in [0.25, 0.3) is 0 Å². The minimum Gasteiger partial charge on any atom is -0.460 e. The number of hydrogen-bond acceptors (Lipinski definition) is 8. The maximum atomic E-state index is 13.9. The molecule has 0 radical (unpaired) electrons. The second-order valence-corrected chi connectivity index (χ2v) is 23.3. The van der Waals surface area contributed by atoms with Crippen LogP contribution >= 0.6 is 0 Å². The Labute approximate surface area is 426 Å². The van der Waals surface area contributed by atoms with Crippen molar-refractivity contribution in [3.63, 3.8) is 0 Å². The van der Waals surface area contributed by atoms with E-state index in [0.29, 0.717) is 17.7 Å². The second-order valence-electron chi connectivity index (χ2n) is 23.3. The molecule has 1 amide bonds. The van der Waals surface area contributed by atoms with E-state index in [0.717, 1.165) is 63.5 Å². The fourth-order valence-corrected chi connectivity index (χ4v) is 10.1. The van der Waals surface area contributed by atoms with Crippen LogP contribution in [0.1, 0.15) is 167 Å². The van der Waals surface area contributed by atoms with Crippen LogP contribution in [-0.4, -0.2) is 60.2 Å². The molecule has 0 heterocycles. The predicted molar refractivity (Wildman–Crippen MR) is 279 cm³/mol. The molecule has 4 aromatic carbocycles. The SMILES string of the molecule is CC(=O)O[C@H](CNC1(c2cccc(C(C)(C)C)c2)CCCCC1)[C@@H](N)Cc1cc(F)cc(F)c1.CC(C)(C)OC(=O)N[C@@H](Cc1cc(F)cc(F)c1)[C@H](O)CNC1(c2cccc(C(C)(C)C)c2)CCCCC1. The summed E-state index contributed by atoms with van der Waals surface area (Å²) in [7, 11) is 0. The van der Waals surface area contributed by atoms with Crippen molar-refractivity contribution < 1.29 is 41.7 Å². The molecule has 2 fully saturated rings. The van der Waals surface area contributed by atoms with Crippen molar-refractivity contribution in [1.29, 1.82) is 0 Å². The third kappa shape index (κ3) is 17.4. The molecule has 6 N–H and O–H groups in total. The van der Waals surface area contributed by atoms with Gasteiger partial charge in [0.05, 0.1) is 12.1 Å². The highest BCUT2D eigenvalue weighted by Gasteiger charge is 2.38. The molecule has 2 aliphatic carbocycles. The first-order valence-corrected chi connectivity index (χ1v) is 25.9. The average Bonchev–Trinajstić information content (AvgIpc) is 3.28. The predicted octanol–water partition coefficient (Wildman–Crippen LogP) is 12.0. The van der Waals surface area contributed by atoms with Gasteiger partial charge in [-0.3, -0.25) is 4.79 Å². The first kappa shape index (κ1) is 58.1. The van der Waals surface area contributed by atoms with Crippen LogP contribution in [0, 0.1) is 23.3 Å². The minimum atomic E-state index is -1.03. The van der Waals surface area contributed by atoms with Gasteiger partial charge in [-0.1, -0.05) is 129 Å². The summed E-state index contributed by atoms with van der Waals surface area (Å²) in [4.78, 5) is 24.5. The lowest BCUT2D eigenvalue weighted by atomic mass is 9.74. The summed E-state index contributed by atoms with van der Waals surface area (Å²) in [5.74, 6) is -3.14. The van der Waals surface area contributed by atoms with E-state index in [1.807, 2.05) is 0 Å². The number of nitrogens with one attached hydrogen (secondary N) is 3. The summed E-state index contributed by atoms with van der Waals surface area (Å²) < 4.78 is 66.1. The first-order valence-electron chi connectivity index (χ1n) is 25.9. The highest BCUT2D eigenvalue weighted by Crippen LogP contribution is 2.40. The number of aliphatic hydroxyl groups excluding tert-OH is 1. The molecule has 9 nitrogen and oxygen atoms in total. The molecule has 0 unspecified atom stereocenters. The van der Waals surface area contributed by atoms with Gasteiger partial charge in [0.2, 0.25) is 0 Å². The standard InChI is InChI=1S/C31H44F2N2O3.C28H38F2N2O2/c1-29(2,3)22-11-10-12-23(18-22)31(13-8-7-9-14-31)34-20-27(36)26(35-28(37)38-30(4,5)6)17-21-15-24(32)19-25(33)16-21;1-19(33)34-26(25(31)15-20-13-23(29)17-24(30)14-20)18-32-28(11-6-5-7-12-28)22-10-8-9-21(16-22)27(2,3)4/h10-12,15-16,18-19,26-27,34,36H,7-9,13-14,17,20H2,1-6H3,(H,35,37);8-10,13-14,16-17,25-26,32H,5-7,11-12,15,18,31H2,1-4H3/t26-,27+;25-,26+/m00/s1. The van der Waals surface area contributed by atoms with Crippen LogP contribution in [-0.2, 0) is 49.0 Å². The molecule has 2 aliphatic rings. The van der Waals surface area contributed by atoms with Gasteiger partial charge < -0.3 is 36.3 Å². The molecule has 0 aromatic heterocycles. The van der Waals surface area contributed by atoms with E-state index in [4.69, 9.17) is 15.2 Å². The van der Waals surface area contributed by atoms with Gasteiger partial charge in [-0.15, -0.1) is 0 Å².